The SMILES string of the molecule is Cc1cc(C)cc(C(=O)N[C@H](Cc2c(Cl)cccc2Cl)C(=O)O)c1. The van der Waals surface area contributed by atoms with Crippen molar-refractivity contribution in [3.05, 3.63) is 68.7 Å². The second-order valence-corrected chi connectivity index (χ2v) is 6.46. The number of carbonyl (C=O) groups excluding carboxylic acids is 1. The summed E-state index contributed by atoms with van der Waals surface area (Å²) >= 11 is 12.2. The molecule has 126 valence electrons. The molecule has 0 spiro atoms. The molecule has 0 aliphatic heterocycles. The first-order chi connectivity index (χ1) is 11.3. The van der Waals surface area contributed by atoms with Crippen molar-refractivity contribution < 1.29 is 14.7 Å². The molecular weight excluding hydrogens is 349 g/mol. The lowest BCUT2D eigenvalue weighted by molar-refractivity contribution is -0.139. The van der Waals surface area contributed by atoms with Crippen LogP contribution >= 0.6 is 23.2 Å². The molecule has 0 heterocycles. The van der Waals surface area contributed by atoms with Crippen LogP contribution in [-0.2, 0) is 11.2 Å². The van der Waals surface area contributed by atoms with Crippen LogP contribution in [0.1, 0.15) is 27.0 Å². The highest BCUT2D eigenvalue weighted by Crippen LogP contribution is 2.25. The molecule has 2 aromatic rings. The Balaban J connectivity index is 2.22. The molecule has 2 N–H and O–H groups in total. The summed E-state index contributed by atoms with van der Waals surface area (Å²) in [6, 6.07) is 9.18. The molecule has 1 amide bonds. The van der Waals surface area contributed by atoms with Gasteiger partial charge in [-0.15, -0.1) is 0 Å². The number of halogens is 2. The lowest BCUT2D eigenvalue weighted by atomic mass is 10.0. The van der Waals surface area contributed by atoms with Gasteiger partial charge in [-0.1, -0.05) is 46.5 Å². The highest BCUT2D eigenvalue weighted by Gasteiger charge is 2.23. The molecule has 0 radical (unpaired) electrons. The van der Waals surface area contributed by atoms with Crippen LogP contribution < -0.4 is 5.32 Å². The first kappa shape index (κ1) is 18.3. The molecule has 0 unspecified atom stereocenters. The number of carboxylic acids is 1. The van der Waals surface area contributed by atoms with Crippen molar-refractivity contribution in [1.29, 1.82) is 0 Å². The Labute approximate surface area is 150 Å². The Morgan fingerprint density at radius 2 is 1.62 bits per heavy atom. The van der Waals surface area contributed by atoms with Gasteiger partial charge in [0.15, 0.2) is 0 Å². The number of benzene rings is 2. The summed E-state index contributed by atoms with van der Waals surface area (Å²) in [5.41, 5.74) is 2.78. The van der Waals surface area contributed by atoms with Crippen molar-refractivity contribution in [3.8, 4) is 0 Å². The fraction of sp³-hybridized carbons (Fsp3) is 0.222. The Kier molecular flexibility index (Phi) is 5.86. The molecule has 0 aromatic heterocycles. The van der Waals surface area contributed by atoms with E-state index >= 15 is 0 Å². The van der Waals surface area contributed by atoms with E-state index in [-0.39, 0.29) is 6.42 Å². The van der Waals surface area contributed by atoms with Crippen molar-refractivity contribution >= 4 is 35.1 Å². The zero-order chi connectivity index (χ0) is 17.9. The maximum absolute atomic E-state index is 12.4. The molecule has 0 aliphatic rings. The fourth-order valence-electron chi connectivity index (χ4n) is 2.48. The molecule has 0 bridgehead atoms. The molecule has 0 fully saturated rings. The summed E-state index contributed by atoms with van der Waals surface area (Å²) in [5, 5.41) is 12.7. The average Bonchev–Trinajstić information content (AvgIpc) is 2.48. The largest absolute Gasteiger partial charge is 0.480 e. The van der Waals surface area contributed by atoms with E-state index in [0.717, 1.165) is 11.1 Å². The fourth-order valence-corrected chi connectivity index (χ4v) is 3.03. The number of amides is 1. The lowest BCUT2D eigenvalue weighted by Crippen LogP contribution is -2.42. The van der Waals surface area contributed by atoms with Crippen LogP contribution in [0.3, 0.4) is 0 Å². The number of aliphatic carboxylic acids is 1. The molecule has 6 heteroatoms. The maximum Gasteiger partial charge on any atom is 0.326 e. The van der Waals surface area contributed by atoms with Crippen LogP contribution in [-0.4, -0.2) is 23.0 Å². The second-order valence-electron chi connectivity index (χ2n) is 5.65. The van der Waals surface area contributed by atoms with E-state index in [1.807, 2.05) is 19.9 Å². The smallest absolute Gasteiger partial charge is 0.326 e. The van der Waals surface area contributed by atoms with Crippen LogP contribution in [0, 0.1) is 13.8 Å². The molecule has 2 aromatic carbocycles. The molecule has 0 aliphatic carbocycles. The molecular formula is C18H17Cl2NO3. The average molecular weight is 366 g/mol. The van der Waals surface area contributed by atoms with Gasteiger partial charge in [0.05, 0.1) is 0 Å². The van der Waals surface area contributed by atoms with Crippen molar-refractivity contribution in [2.24, 2.45) is 0 Å². The van der Waals surface area contributed by atoms with Gasteiger partial charge in [0.25, 0.3) is 5.91 Å². The van der Waals surface area contributed by atoms with Crippen LogP contribution in [0.5, 0.6) is 0 Å². The van der Waals surface area contributed by atoms with Gasteiger partial charge in [0, 0.05) is 22.0 Å². The monoisotopic (exact) mass is 365 g/mol. The summed E-state index contributed by atoms with van der Waals surface area (Å²) in [7, 11) is 0. The third-order valence-corrected chi connectivity index (χ3v) is 4.27. The summed E-state index contributed by atoms with van der Waals surface area (Å²) in [4.78, 5) is 23.9. The van der Waals surface area contributed by atoms with Gasteiger partial charge in [-0.05, 0) is 43.7 Å². The van der Waals surface area contributed by atoms with Crippen LogP contribution in [0.25, 0.3) is 0 Å². The highest BCUT2D eigenvalue weighted by atomic mass is 35.5. The predicted octanol–water partition coefficient (Wildman–Crippen LogP) is 4.04. The van der Waals surface area contributed by atoms with Crippen LogP contribution in [0.4, 0.5) is 0 Å². The van der Waals surface area contributed by atoms with E-state index < -0.39 is 17.9 Å². The summed E-state index contributed by atoms with van der Waals surface area (Å²) in [6.45, 7) is 3.75. The van der Waals surface area contributed by atoms with Gasteiger partial charge < -0.3 is 10.4 Å². The Morgan fingerprint density at radius 1 is 1.08 bits per heavy atom. The molecule has 0 saturated carbocycles. The van der Waals surface area contributed by atoms with E-state index in [1.54, 1.807) is 30.3 Å². The first-order valence-corrected chi connectivity index (χ1v) is 8.08. The van der Waals surface area contributed by atoms with Gasteiger partial charge in [0.2, 0.25) is 0 Å². The van der Waals surface area contributed by atoms with Gasteiger partial charge in [-0.25, -0.2) is 4.79 Å². The highest BCUT2D eigenvalue weighted by molar-refractivity contribution is 6.36. The van der Waals surface area contributed by atoms with Crippen molar-refractivity contribution in [2.75, 3.05) is 0 Å². The predicted molar refractivity (Wildman–Crippen MR) is 95.0 cm³/mol. The molecule has 1 atom stereocenters. The van der Waals surface area contributed by atoms with E-state index in [4.69, 9.17) is 23.2 Å². The lowest BCUT2D eigenvalue weighted by Gasteiger charge is -2.17. The zero-order valence-electron chi connectivity index (χ0n) is 13.3. The minimum absolute atomic E-state index is 0.00434. The Hall–Kier alpha value is -2.04. The third kappa shape index (κ3) is 4.49. The molecule has 2 rings (SSSR count). The number of carboxylic acid groups (broad SMARTS) is 1. The van der Waals surface area contributed by atoms with Gasteiger partial charge in [-0.3, -0.25) is 4.79 Å². The minimum atomic E-state index is -1.15. The number of hydrogen-bond acceptors (Lipinski definition) is 2. The first-order valence-electron chi connectivity index (χ1n) is 7.33. The van der Waals surface area contributed by atoms with Crippen molar-refractivity contribution in [3.63, 3.8) is 0 Å². The minimum Gasteiger partial charge on any atom is -0.480 e. The van der Waals surface area contributed by atoms with Gasteiger partial charge >= 0.3 is 5.97 Å². The van der Waals surface area contributed by atoms with E-state index in [1.165, 1.54) is 0 Å². The van der Waals surface area contributed by atoms with Crippen molar-refractivity contribution in [1.82, 2.24) is 5.32 Å². The van der Waals surface area contributed by atoms with Crippen LogP contribution in [0.15, 0.2) is 36.4 Å². The van der Waals surface area contributed by atoms with E-state index in [2.05, 4.69) is 5.32 Å². The zero-order valence-corrected chi connectivity index (χ0v) is 14.8. The summed E-state index contributed by atoms with van der Waals surface area (Å²) in [5.74, 6) is -1.60. The van der Waals surface area contributed by atoms with Gasteiger partial charge in [-0.2, -0.15) is 0 Å². The quantitative estimate of drug-likeness (QED) is 0.840. The van der Waals surface area contributed by atoms with Crippen molar-refractivity contribution in [2.45, 2.75) is 26.3 Å². The Bertz CT molecular complexity index is 749. The number of aryl methyl sites for hydroxylation is 2. The third-order valence-electron chi connectivity index (χ3n) is 3.56. The molecule has 4 nitrogen and oxygen atoms in total. The second kappa shape index (κ2) is 7.69. The topological polar surface area (TPSA) is 66.4 Å². The van der Waals surface area contributed by atoms with Crippen LogP contribution in [0.2, 0.25) is 10.0 Å². The normalized spacial score (nSPS) is 11.8. The van der Waals surface area contributed by atoms with Gasteiger partial charge in [0.1, 0.15) is 6.04 Å². The van der Waals surface area contributed by atoms with E-state index in [0.29, 0.717) is 21.2 Å². The number of carbonyl (C=O) groups is 2. The number of hydrogen-bond donors (Lipinski definition) is 2. The maximum atomic E-state index is 12.4. The number of nitrogens with one attached hydrogen (secondary N) is 1. The molecule has 0 saturated heterocycles. The summed E-state index contributed by atoms with van der Waals surface area (Å²) in [6.07, 6.45) is 0.00434. The summed E-state index contributed by atoms with van der Waals surface area (Å²) < 4.78 is 0. The van der Waals surface area contributed by atoms with E-state index in [9.17, 15) is 14.7 Å². The standard InChI is InChI=1S/C18H17Cl2NO3/c1-10-6-11(2)8-12(7-10)17(22)21-16(18(23)24)9-13-14(19)4-3-5-15(13)20/h3-8,16H,9H2,1-2H3,(H,21,22)(H,23,24)/t16-/m1/s1. The molecule has 24 heavy (non-hydrogen) atoms. The number of rotatable bonds is 5. The Morgan fingerprint density at radius 3 is 2.12 bits per heavy atom.